The molecule has 0 unspecified atom stereocenters. The number of ether oxygens (including phenoxy) is 3. The summed E-state index contributed by atoms with van der Waals surface area (Å²) in [5.74, 6) is 0.646. The lowest BCUT2D eigenvalue weighted by Crippen LogP contribution is -2.45. The normalized spacial score (nSPS) is 22.0. The van der Waals surface area contributed by atoms with Gasteiger partial charge in [0.1, 0.15) is 17.6 Å². The third kappa shape index (κ3) is 13.4. The van der Waals surface area contributed by atoms with Crippen LogP contribution in [0.4, 0.5) is 0 Å². The van der Waals surface area contributed by atoms with Gasteiger partial charge in [0.15, 0.2) is 16.6 Å². The summed E-state index contributed by atoms with van der Waals surface area (Å²) < 4.78 is 63.8. The predicted octanol–water partition coefficient (Wildman–Crippen LogP) is 10.9. The van der Waals surface area contributed by atoms with Gasteiger partial charge in [-0.05, 0) is 116 Å². The second kappa shape index (κ2) is 18.3. The van der Waals surface area contributed by atoms with Gasteiger partial charge < -0.3 is 23.1 Å². The number of rotatable bonds is 16. The van der Waals surface area contributed by atoms with Crippen molar-refractivity contribution < 1.29 is 40.5 Å². The molecule has 1 aliphatic carbocycles. The Hall–Kier alpha value is -2.75. The molecule has 0 saturated heterocycles. The highest BCUT2D eigenvalue weighted by Crippen LogP contribution is 2.42. The largest absolute Gasteiger partial charge is 0.486 e. The summed E-state index contributed by atoms with van der Waals surface area (Å²) in [6.07, 6.45) is 7.98. The quantitative estimate of drug-likeness (QED) is 0.0927. The maximum Gasteiger partial charge on any atom is 0.337 e. The molecule has 4 rings (SSSR count). The maximum atomic E-state index is 13.2. The van der Waals surface area contributed by atoms with Gasteiger partial charge in [0.05, 0.1) is 23.7 Å². The van der Waals surface area contributed by atoms with Gasteiger partial charge in [-0.25, -0.2) is 4.79 Å². The molecule has 5 atom stereocenters. The zero-order chi connectivity index (χ0) is 42.6. The standard InChI is InChI=1S/C45H70O9SSi2/c1-32-15-23-39(24-16-32)55(47,48)49-31-38(54-57(13,14)44(6,7)8)28-34-18-20-36(21-19-34)51-41(26-22-37-29-42(46)53-45(9,10)52-37)40-25-17-33(2)27-35(40)30-50-56(11,12)43(3,4)5/h15-16,18-24,26,29,33,35,38,40-41H,17,25,27-28,30-31H2,1-14H3/b26-22+/t33-,35+,38-,40-,41-/m1/s1. The van der Waals surface area contributed by atoms with E-state index in [1.807, 2.05) is 43.3 Å². The Morgan fingerprint density at radius 2 is 1.51 bits per heavy atom. The molecule has 1 saturated carbocycles. The van der Waals surface area contributed by atoms with E-state index in [2.05, 4.69) is 74.7 Å². The second-order valence-corrected chi connectivity index (χ2v) is 30.9. The molecule has 0 radical (unpaired) electrons. The monoisotopic (exact) mass is 842 g/mol. The van der Waals surface area contributed by atoms with E-state index >= 15 is 0 Å². The zero-order valence-electron chi connectivity index (χ0n) is 37.1. The van der Waals surface area contributed by atoms with Crippen LogP contribution in [0.25, 0.3) is 0 Å². The van der Waals surface area contributed by atoms with Crippen LogP contribution >= 0.6 is 0 Å². The van der Waals surface area contributed by atoms with Gasteiger partial charge in [0, 0.05) is 26.4 Å². The number of hydrogen-bond donors (Lipinski definition) is 0. The summed E-state index contributed by atoms with van der Waals surface area (Å²) in [5, 5.41) is 0.0172. The molecule has 0 N–H and O–H groups in total. The molecule has 1 aliphatic heterocycles. The van der Waals surface area contributed by atoms with Crippen LogP contribution in [0.5, 0.6) is 5.75 Å². The Balaban J connectivity index is 1.59. The van der Waals surface area contributed by atoms with E-state index in [4.69, 9.17) is 27.2 Å². The van der Waals surface area contributed by atoms with Gasteiger partial charge in [-0.2, -0.15) is 8.42 Å². The third-order valence-corrected chi connectivity index (χ3v) is 22.6. The molecule has 57 heavy (non-hydrogen) atoms. The molecular weight excluding hydrogens is 773 g/mol. The second-order valence-electron chi connectivity index (χ2n) is 19.7. The van der Waals surface area contributed by atoms with E-state index in [0.29, 0.717) is 30.5 Å². The highest BCUT2D eigenvalue weighted by atomic mass is 32.2. The van der Waals surface area contributed by atoms with Gasteiger partial charge in [-0.15, -0.1) is 0 Å². The first-order chi connectivity index (χ1) is 26.2. The van der Waals surface area contributed by atoms with Gasteiger partial charge in [0.25, 0.3) is 10.1 Å². The van der Waals surface area contributed by atoms with Crippen LogP contribution in [0.2, 0.25) is 36.3 Å². The van der Waals surface area contributed by atoms with Gasteiger partial charge in [-0.1, -0.05) is 84.7 Å². The number of aryl methyl sites for hydroxylation is 1. The van der Waals surface area contributed by atoms with Crippen molar-refractivity contribution in [3.63, 3.8) is 0 Å². The first-order valence-electron chi connectivity index (χ1n) is 20.5. The lowest BCUT2D eigenvalue weighted by atomic mass is 9.72. The average molecular weight is 843 g/mol. The van der Waals surface area contributed by atoms with E-state index in [0.717, 1.165) is 30.4 Å². The molecule has 9 nitrogen and oxygen atoms in total. The van der Waals surface area contributed by atoms with Crippen LogP contribution in [-0.2, 0) is 43.8 Å². The molecule has 318 valence electrons. The Bertz CT molecular complexity index is 1820. The van der Waals surface area contributed by atoms with Crippen LogP contribution in [0.1, 0.15) is 92.7 Å². The molecule has 0 amide bonds. The number of cyclic esters (lactones) is 1. The Kier molecular flexibility index (Phi) is 15.0. The van der Waals surface area contributed by atoms with Crippen molar-refractivity contribution in [3.05, 3.63) is 83.6 Å². The first kappa shape index (κ1) is 46.9. The summed E-state index contributed by atoms with van der Waals surface area (Å²) in [6, 6.07) is 14.6. The molecule has 0 aromatic heterocycles. The summed E-state index contributed by atoms with van der Waals surface area (Å²) in [7, 11) is -8.26. The summed E-state index contributed by atoms with van der Waals surface area (Å²) in [6.45, 7) is 30.5. The number of hydrogen-bond acceptors (Lipinski definition) is 9. The fourth-order valence-corrected chi connectivity index (χ4v) is 10.1. The average Bonchev–Trinajstić information content (AvgIpc) is 3.07. The van der Waals surface area contributed by atoms with E-state index in [1.165, 1.54) is 6.08 Å². The minimum atomic E-state index is -3.97. The molecule has 0 bridgehead atoms. The smallest absolute Gasteiger partial charge is 0.337 e. The number of carbonyl (C=O) groups excluding carboxylic acids is 1. The van der Waals surface area contributed by atoms with Crippen molar-refractivity contribution in [3.8, 4) is 5.75 Å². The predicted molar refractivity (Wildman–Crippen MR) is 233 cm³/mol. The van der Waals surface area contributed by atoms with Crippen LogP contribution in [0.3, 0.4) is 0 Å². The van der Waals surface area contributed by atoms with Crippen molar-refractivity contribution in [2.45, 2.75) is 154 Å². The van der Waals surface area contributed by atoms with Crippen molar-refractivity contribution in [1.29, 1.82) is 0 Å². The number of benzene rings is 2. The summed E-state index contributed by atoms with van der Waals surface area (Å²) in [4.78, 5) is 12.5. The topological polar surface area (TPSA) is 107 Å². The van der Waals surface area contributed by atoms with Gasteiger partial charge >= 0.3 is 5.97 Å². The molecule has 12 heteroatoms. The van der Waals surface area contributed by atoms with Crippen LogP contribution in [-0.4, -0.2) is 62.2 Å². The minimum absolute atomic E-state index is 0.0828. The Morgan fingerprint density at radius 1 is 0.895 bits per heavy atom. The number of allylic oxidation sites excluding steroid dienone is 1. The van der Waals surface area contributed by atoms with E-state index in [1.54, 1.807) is 38.1 Å². The molecule has 2 aliphatic rings. The lowest BCUT2D eigenvalue weighted by Gasteiger charge is -2.42. The van der Waals surface area contributed by atoms with E-state index < -0.39 is 44.6 Å². The molecule has 2 aromatic rings. The molecular formula is C45H70O9SSi2. The summed E-state index contributed by atoms with van der Waals surface area (Å²) >= 11 is 0. The molecule has 2 aromatic carbocycles. The van der Waals surface area contributed by atoms with Gasteiger partial charge in [-0.3, -0.25) is 4.18 Å². The SMILES string of the molecule is Cc1ccc(S(=O)(=O)OC[C@@H](Cc2ccc(O[C@H](/C=C/C3=CC(=O)OC(C)(C)O3)[C@@H]3CC[C@@H](C)C[C@H]3CO[Si](C)(C)C(C)(C)C)cc2)O[Si](C)(C)C(C)(C)C)cc1. The third-order valence-electron chi connectivity index (χ3n) is 12.3. The van der Waals surface area contributed by atoms with E-state index in [-0.39, 0.29) is 39.5 Å². The Morgan fingerprint density at radius 3 is 2.09 bits per heavy atom. The lowest BCUT2D eigenvalue weighted by molar-refractivity contribution is -0.203. The minimum Gasteiger partial charge on any atom is -0.486 e. The van der Waals surface area contributed by atoms with Crippen LogP contribution in [0, 0.1) is 24.7 Å². The molecule has 1 heterocycles. The van der Waals surface area contributed by atoms with E-state index in [9.17, 15) is 13.2 Å². The maximum absolute atomic E-state index is 13.2. The van der Waals surface area contributed by atoms with Crippen molar-refractivity contribution in [2.75, 3.05) is 13.2 Å². The highest BCUT2D eigenvalue weighted by molar-refractivity contribution is 7.86. The highest BCUT2D eigenvalue weighted by Gasteiger charge is 2.42. The van der Waals surface area contributed by atoms with Crippen LogP contribution in [0.15, 0.2) is 77.4 Å². The van der Waals surface area contributed by atoms with Crippen LogP contribution < -0.4 is 4.74 Å². The van der Waals surface area contributed by atoms with Gasteiger partial charge in [0.2, 0.25) is 5.79 Å². The fourth-order valence-electron chi connectivity index (χ4n) is 6.73. The molecule has 0 spiro atoms. The fraction of sp³-hybridized carbons (Fsp3) is 0.622. The number of esters is 1. The number of carbonyl (C=O) groups is 1. The Labute approximate surface area is 346 Å². The van der Waals surface area contributed by atoms with Crippen molar-refractivity contribution >= 4 is 32.7 Å². The van der Waals surface area contributed by atoms with Crippen molar-refractivity contribution in [2.24, 2.45) is 17.8 Å². The first-order valence-corrected chi connectivity index (χ1v) is 27.7. The summed E-state index contributed by atoms with van der Waals surface area (Å²) in [5.41, 5.74) is 1.95. The molecule has 1 fully saturated rings. The zero-order valence-corrected chi connectivity index (χ0v) is 39.9. The van der Waals surface area contributed by atoms with Crippen molar-refractivity contribution in [1.82, 2.24) is 0 Å².